The average Bonchev–Trinajstić information content (AvgIpc) is 2.51. The van der Waals surface area contributed by atoms with Gasteiger partial charge in [-0.1, -0.05) is 15.9 Å². The summed E-state index contributed by atoms with van der Waals surface area (Å²) in [5.41, 5.74) is 0.984. The van der Waals surface area contributed by atoms with Gasteiger partial charge in [0.1, 0.15) is 5.82 Å². The van der Waals surface area contributed by atoms with Crippen molar-refractivity contribution in [2.24, 2.45) is 0 Å². The summed E-state index contributed by atoms with van der Waals surface area (Å²) in [6.45, 7) is 1.88. The summed E-state index contributed by atoms with van der Waals surface area (Å²) in [5.74, 6) is 1.52. The van der Waals surface area contributed by atoms with E-state index < -0.39 is 0 Å². The van der Waals surface area contributed by atoms with E-state index in [-0.39, 0.29) is 0 Å². The minimum Gasteiger partial charge on any atom is -0.263 e. The molecule has 0 saturated heterocycles. The number of benzene rings is 1. The van der Waals surface area contributed by atoms with Crippen LogP contribution in [0.25, 0.3) is 11.4 Å². The third kappa shape index (κ3) is 1.88. The molecule has 0 fully saturated rings. The molecule has 0 aliphatic carbocycles. The summed E-state index contributed by atoms with van der Waals surface area (Å²) in [6, 6.07) is 5.91. The van der Waals surface area contributed by atoms with Gasteiger partial charge in [-0.25, -0.2) is 4.98 Å². The third-order valence-electron chi connectivity index (χ3n) is 1.77. The zero-order chi connectivity index (χ0) is 10.1. The zero-order valence-electron chi connectivity index (χ0n) is 7.38. The van der Waals surface area contributed by atoms with E-state index in [0.717, 1.165) is 20.3 Å². The van der Waals surface area contributed by atoms with E-state index in [9.17, 15) is 0 Å². The Kier molecular flexibility index (Phi) is 2.69. The highest BCUT2D eigenvalue weighted by atomic mass is 79.9. The van der Waals surface area contributed by atoms with Gasteiger partial charge >= 0.3 is 0 Å². The lowest BCUT2D eigenvalue weighted by Crippen LogP contribution is -1.82. The van der Waals surface area contributed by atoms with Gasteiger partial charge in [0.2, 0.25) is 0 Å². The molecule has 0 atom stereocenters. The van der Waals surface area contributed by atoms with Gasteiger partial charge in [0.15, 0.2) is 5.82 Å². The largest absolute Gasteiger partial charge is 0.263 e. The molecule has 0 saturated carbocycles. The Morgan fingerprint density at radius 1 is 1.29 bits per heavy atom. The van der Waals surface area contributed by atoms with Crippen LogP contribution in [0.2, 0.25) is 0 Å². The second kappa shape index (κ2) is 3.82. The van der Waals surface area contributed by atoms with Gasteiger partial charge < -0.3 is 0 Å². The monoisotopic (exact) mass is 315 g/mol. The molecular formula is C9H7Br2N3. The first-order valence-corrected chi connectivity index (χ1v) is 5.60. The molecule has 0 radical (unpaired) electrons. The lowest BCUT2D eigenvalue weighted by atomic mass is 10.2. The number of aryl methyl sites for hydroxylation is 1. The maximum Gasteiger partial charge on any atom is 0.182 e. The molecule has 0 aliphatic heterocycles. The normalized spacial score (nSPS) is 10.5. The van der Waals surface area contributed by atoms with Crippen LogP contribution in [0, 0.1) is 6.92 Å². The van der Waals surface area contributed by atoms with Crippen LogP contribution >= 0.6 is 31.9 Å². The standard InChI is InChI=1S/C9H7Br2N3/c1-5-12-9(14-13-5)7-3-2-6(10)4-8(7)11/h2-4H,1H3,(H,12,13,14). The van der Waals surface area contributed by atoms with Gasteiger partial charge in [0, 0.05) is 14.5 Å². The first kappa shape index (κ1) is 9.86. The first-order chi connectivity index (χ1) is 6.66. The summed E-state index contributed by atoms with van der Waals surface area (Å²) < 4.78 is 2.01. The smallest absolute Gasteiger partial charge is 0.182 e. The topological polar surface area (TPSA) is 41.6 Å². The van der Waals surface area contributed by atoms with Crippen LogP contribution in [0.1, 0.15) is 5.82 Å². The van der Waals surface area contributed by atoms with Crippen LogP contribution in [0.4, 0.5) is 0 Å². The van der Waals surface area contributed by atoms with Crippen molar-refractivity contribution in [3.05, 3.63) is 33.0 Å². The molecule has 14 heavy (non-hydrogen) atoms. The van der Waals surface area contributed by atoms with Crippen molar-refractivity contribution in [1.82, 2.24) is 15.2 Å². The molecule has 0 aliphatic rings. The number of hydrogen-bond acceptors (Lipinski definition) is 2. The number of nitrogens with zero attached hydrogens (tertiary/aromatic N) is 2. The molecule has 0 unspecified atom stereocenters. The Morgan fingerprint density at radius 2 is 2.07 bits per heavy atom. The van der Waals surface area contributed by atoms with Crippen molar-refractivity contribution in [1.29, 1.82) is 0 Å². The van der Waals surface area contributed by atoms with E-state index in [2.05, 4.69) is 47.0 Å². The SMILES string of the molecule is Cc1nc(-c2ccc(Br)cc2Br)n[nH]1. The minimum absolute atomic E-state index is 0.710. The van der Waals surface area contributed by atoms with Crippen LogP contribution in [0.3, 0.4) is 0 Å². The summed E-state index contributed by atoms with van der Waals surface area (Å²) in [5, 5.41) is 6.91. The average molecular weight is 317 g/mol. The van der Waals surface area contributed by atoms with Gasteiger partial charge in [0.05, 0.1) is 0 Å². The van der Waals surface area contributed by atoms with Crippen LogP contribution < -0.4 is 0 Å². The zero-order valence-corrected chi connectivity index (χ0v) is 10.6. The molecule has 2 aromatic rings. The third-order valence-corrected chi connectivity index (χ3v) is 2.92. The number of aromatic nitrogens is 3. The summed E-state index contributed by atoms with van der Waals surface area (Å²) in [7, 11) is 0. The van der Waals surface area contributed by atoms with Crippen LogP contribution in [-0.4, -0.2) is 15.2 Å². The minimum atomic E-state index is 0.710. The molecule has 2 rings (SSSR count). The van der Waals surface area contributed by atoms with Crippen molar-refractivity contribution >= 4 is 31.9 Å². The molecule has 3 nitrogen and oxygen atoms in total. The van der Waals surface area contributed by atoms with Crippen molar-refractivity contribution in [3.8, 4) is 11.4 Å². The molecule has 1 N–H and O–H groups in total. The van der Waals surface area contributed by atoms with E-state index in [1.165, 1.54) is 0 Å². The number of H-pyrrole nitrogens is 1. The van der Waals surface area contributed by atoms with Gasteiger partial charge in [-0.05, 0) is 41.1 Å². The van der Waals surface area contributed by atoms with Crippen molar-refractivity contribution in [2.45, 2.75) is 6.92 Å². The molecule has 1 aromatic carbocycles. The first-order valence-electron chi connectivity index (χ1n) is 4.01. The number of nitrogens with one attached hydrogen (secondary N) is 1. The Balaban J connectivity index is 2.52. The highest BCUT2D eigenvalue weighted by molar-refractivity contribution is 9.11. The summed E-state index contributed by atoms with van der Waals surface area (Å²) in [6.07, 6.45) is 0. The predicted molar refractivity (Wildman–Crippen MR) is 62.0 cm³/mol. The van der Waals surface area contributed by atoms with E-state index in [1.54, 1.807) is 0 Å². The quantitative estimate of drug-likeness (QED) is 0.877. The number of hydrogen-bond donors (Lipinski definition) is 1. The second-order valence-electron chi connectivity index (χ2n) is 2.87. The molecule has 1 aromatic heterocycles. The van der Waals surface area contributed by atoms with Gasteiger partial charge in [0.25, 0.3) is 0 Å². The molecule has 0 spiro atoms. The Hall–Kier alpha value is -0.680. The highest BCUT2D eigenvalue weighted by Crippen LogP contribution is 2.28. The maximum absolute atomic E-state index is 4.26. The fraction of sp³-hybridized carbons (Fsp3) is 0.111. The summed E-state index contributed by atoms with van der Waals surface area (Å²) >= 11 is 6.86. The Labute approximate surface area is 98.2 Å². The van der Waals surface area contributed by atoms with Crippen LogP contribution in [-0.2, 0) is 0 Å². The Morgan fingerprint density at radius 3 is 2.64 bits per heavy atom. The molecule has 0 bridgehead atoms. The molecule has 5 heteroatoms. The van der Waals surface area contributed by atoms with Crippen molar-refractivity contribution in [2.75, 3.05) is 0 Å². The highest BCUT2D eigenvalue weighted by Gasteiger charge is 2.07. The van der Waals surface area contributed by atoms with Gasteiger partial charge in [-0.2, -0.15) is 5.10 Å². The number of rotatable bonds is 1. The van der Waals surface area contributed by atoms with Gasteiger partial charge in [-0.15, -0.1) is 0 Å². The number of aromatic amines is 1. The molecule has 0 amide bonds. The van der Waals surface area contributed by atoms with E-state index in [1.807, 2.05) is 25.1 Å². The number of halogens is 2. The van der Waals surface area contributed by atoms with Crippen molar-refractivity contribution < 1.29 is 0 Å². The fourth-order valence-corrected chi connectivity index (χ4v) is 2.36. The van der Waals surface area contributed by atoms with Crippen LogP contribution in [0.5, 0.6) is 0 Å². The maximum atomic E-state index is 4.26. The Bertz CT molecular complexity index is 465. The van der Waals surface area contributed by atoms with E-state index >= 15 is 0 Å². The second-order valence-corrected chi connectivity index (χ2v) is 4.64. The molecule has 72 valence electrons. The van der Waals surface area contributed by atoms with Crippen molar-refractivity contribution in [3.63, 3.8) is 0 Å². The lowest BCUT2D eigenvalue weighted by molar-refractivity contribution is 1.04. The van der Waals surface area contributed by atoms with E-state index in [0.29, 0.717) is 5.82 Å². The van der Waals surface area contributed by atoms with E-state index in [4.69, 9.17) is 0 Å². The molecular weight excluding hydrogens is 310 g/mol. The summed E-state index contributed by atoms with van der Waals surface area (Å²) in [4.78, 5) is 4.26. The van der Waals surface area contributed by atoms with Gasteiger partial charge in [-0.3, -0.25) is 5.10 Å². The predicted octanol–water partition coefficient (Wildman–Crippen LogP) is 3.31. The lowest BCUT2D eigenvalue weighted by Gasteiger charge is -1.99. The fourth-order valence-electron chi connectivity index (χ4n) is 1.13. The molecule has 1 heterocycles. The van der Waals surface area contributed by atoms with Crippen LogP contribution in [0.15, 0.2) is 27.1 Å².